The van der Waals surface area contributed by atoms with Crippen LogP contribution in [0.2, 0.25) is 0 Å². The summed E-state index contributed by atoms with van der Waals surface area (Å²) in [6, 6.07) is 34.7. The third kappa shape index (κ3) is 5.88. The van der Waals surface area contributed by atoms with E-state index in [1.54, 1.807) is 0 Å². The van der Waals surface area contributed by atoms with E-state index in [9.17, 15) is 0 Å². The Morgan fingerprint density at radius 1 is 0.441 bits per heavy atom. The number of nitrogens with two attached hydrogens (primary N) is 2. The average molecular weight is 449 g/mol. The molecule has 0 saturated carbocycles. The maximum Gasteiger partial charge on any atom is 0.0314 e. The van der Waals surface area contributed by atoms with Crippen molar-refractivity contribution >= 4 is 11.4 Å². The topological polar surface area (TPSA) is 52.0 Å². The summed E-state index contributed by atoms with van der Waals surface area (Å²) in [5.74, 6) is 1.31. The highest BCUT2D eigenvalue weighted by atomic mass is 14.5. The Balaban J connectivity index is 1.33. The van der Waals surface area contributed by atoms with E-state index >= 15 is 0 Å². The van der Waals surface area contributed by atoms with Gasteiger partial charge in [-0.05, 0) is 76.4 Å². The minimum Gasteiger partial charge on any atom is -0.399 e. The molecule has 0 aliphatic rings. The predicted molar refractivity (Wildman–Crippen MR) is 146 cm³/mol. The van der Waals surface area contributed by atoms with Gasteiger partial charge in [-0.3, -0.25) is 0 Å². The first-order chi connectivity index (χ1) is 16.4. The Morgan fingerprint density at radius 3 is 1.00 bits per heavy atom. The van der Waals surface area contributed by atoms with Crippen LogP contribution in [-0.2, 0) is 12.8 Å². The van der Waals surface area contributed by atoms with Crippen molar-refractivity contribution in [2.24, 2.45) is 5.92 Å². The Labute approximate surface area is 204 Å². The highest BCUT2D eigenvalue weighted by Gasteiger charge is 2.11. The molecule has 2 unspecified atom stereocenters. The van der Waals surface area contributed by atoms with Gasteiger partial charge in [0.25, 0.3) is 0 Å². The molecule has 2 atom stereocenters. The molecule has 2 heteroatoms. The van der Waals surface area contributed by atoms with Crippen LogP contribution in [0.1, 0.15) is 66.0 Å². The van der Waals surface area contributed by atoms with Crippen molar-refractivity contribution < 1.29 is 0 Å². The van der Waals surface area contributed by atoms with Gasteiger partial charge in [-0.25, -0.2) is 0 Å². The predicted octanol–water partition coefficient (Wildman–Crippen LogP) is 7.58. The lowest BCUT2D eigenvalue weighted by molar-refractivity contribution is 0.577. The van der Waals surface area contributed by atoms with Crippen molar-refractivity contribution in [2.75, 3.05) is 11.5 Å². The fourth-order valence-corrected chi connectivity index (χ4v) is 4.72. The smallest absolute Gasteiger partial charge is 0.0314 e. The molecule has 0 radical (unpaired) electrons. The molecule has 0 amide bonds. The first-order valence-electron chi connectivity index (χ1n) is 12.3. The van der Waals surface area contributed by atoms with E-state index in [1.807, 2.05) is 24.3 Å². The number of hydrogen-bond donors (Lipinski definition) is 2. The van der Waals surface area contributed by atoms with Crippen LogP contribution in [0, 0.1) is 5.92 Å². The zero-order valence-electron chi connectivity index (χ0n) is 20.5. The Kier molecular flexibility index (Phi) is 7.37. The zero-order valence-corrected chi connectivity index (χ0v) is 20.5. The molecule has 4 N–H and O–H groups in total. The molecule has 0 heterocycles. The second-order valence-electron chi connectivity index (χ2n) is 9.77. The molecular formula is C32H36N2. The summed E-state index contributed by atoms with van der Waals surface area (Å²) in [6.45, 7) is 6.84. The number of anilines is 2. The second-order valence-corrected chi connectivity index (χ2v) is 9.77. The van der Waals surface area contributed by atoms with E-state index in [-0.39, 0.29) is 0 Å². The minimum atomic E-state index is 0.362. The van der Waals surface area contributed by atoms with E-state index in [0.29, 0.717) is 17.8 Å². The van der Waals surface area contributed by atoms with Crippen molar-refractivity contribution in [3.63, 3.8) is 0 Å². The lowest BCUT2D eigenvalue weighted by atomic mass is 9.89. The number of rotatable bonds is 8. The summed E-state index contributed by atoms with van der Waals surface area (Å²) in [7, 11) is 0. The van der Waals surface area contributed by atoms with E-state index in [0.717, 1.165) is 24.2 Å². The third-order valence-corrected chi connectivity index (χ3v) is 7.00. The molecule has 4 aromatic rings. The average Bonchev–Trinajstić information content (AvgIpc) is 2.85. The van der Waals surface area contributed by atoms with Gasteiger partial charge < -0.3 is 11.5 Å². The van der Waals surface area contributed by atoms with Gasteiger partial charge in [0, 0.05) is 23.2 Å². The normalized spacial score (nSPS) is 13.9. The van der Waals surface area contributed by atoms with Gasteiger partial charge >= 0.3 is 0 Å². The van der Waals surface area contributed by atoms with E-state index < -0.39 is 0 Å². The second kappa shape index (κ2) is 10.6. The lowest BCUT2D eigenvalue weighted by Gasteiger charge is -2.16. The molecule has 0 saturated heterocycles. The van der Waals surface area contributed by atoms with E-state index in [1.165, 1.54) is 33.4 Å². The Hall–Kier alpha value is -3.52. The van der Waals surface area contributed by atoms with Crippen molar-refractivity contribution in [3.8, 4) is 0 Å². The Bertz CT molecular complexity index is 1080. The molecule has 0 spiro atoms. The molecule has 2 nitrogen and oxygen atoms in total. The first kappa shape index (κ1) is 23.6. The van der Waals surface area contributed by atoms with Crippen LogP contribution in [-0.4, -0.2) is 0 Å². The van der Waals surface area contributed by atoms with Crippen molar-refractivity contribution in [1.82, 2.24) is 0 Å². The fourth-order valence-electron chi connectivity index (χ4n) is 4.72. The molecule has 0 aromatic heterocycles. The Morgan fingerprint density at radius 2 is 0.706 bits per heavy atom. The number of nitrogen functional groups attached to an aromatic ring is 2. The highest BCUT2D eigenvalue weighted by Crippen LogP contribution is 2.27. The minimum absolute atomic E-state index is 0.362. The maximum atomic E-state index is 5.83. The molecule has 174 valence electrons. The first-order valence-corrected chi connectivity index (χ1v) is 12.3. The maximum absolute atomic E-state index is 5.83. The molecule has 0 aliphatic heterocycles. The molecule has 4 aromatic carbocycles. The lowest BCUT2D eigenvalue weighted by Crippen LogP contribution is -2.05. The largest absolute Gasteiger partial charge is 0.399 e. The van der Waals surface area contributed by atoms with Crippen LogP contribution in [0.4, 0.5) is 11.4 Å². The summed E-state index contributed by atoms with van der Waals surface area (Å²) in [5.41, 5.74) is 21.4. The standard InChI is InChI=1S/C32H36N2/c1-22(20-25-4-8-27(9-5-25)23(2)29-12-16-31(33)17-13-29)21-26-6-10-28(11-7-26)24(3)30-14-18-32(34)19-15-30/h4-19,22-24H,20-21,33-34H2,1-3H3. The quantitative estimate of drug-likeness (QED) is 0.273. The van der Waals surface area contributed by atoms with Gasteiger partial charge in [0.15, 0.2) is 0 Å². The summed E-state index contributed by atoms with van der Waals surface area (Å²) < 4.78 is 0. The van der Waals surface area contributed by atoms with E-state index in [4.69, 9.17) is 11.5 Å². The fraction of sp³-hybridized carbons (Fsp3) is 0.250. The van der Waals surface area contributed by atoms with Gasteiger partial charge in [0.05, 0.1) is 0 Å². The zero-order chi connectivity index (χ0) is 24.1. The van der Waals surface area contributed by atoms with Gasteiger partial charge in [-0.2, -0.15) is 0 Å². The molecular weight excluding hydrogens is 412 g/mol. The number of benzene rings is 4. The van der Waals surface area contributed by atoms with Crippen LogP contribution in [0.3, 0.4) is 0 Å². The molecule has 0 bridgehead atoms. The highest BCUT2D eigenvalue weighted by molar-refractivity contribution is 5.44. The molecule has 0 fully saturated rings. The SMILES string of the molecule is CC(Cc1ccc(C(C)c2ccc(N)cc2)cc1)Cc1ccc(C(C)c2ccc(N)cc2)cc1. The van der Waals surface area contributed by atoms with Gasteiger partial charge in [-0.15, -0.1) is 0 Å². The van der Waals surface area contributed by atoms with Crippen molar-refractivity contribution in [2.45, 2.75) is 45.4 Å². The molecule has 34 heavy (non-hydrogen) atoms. The van der Waals surface area contributed by atoms with Crippen molar-refractivity contribution in [1.29, 1.82) is 0 Å². The van der Waals surface area contributed by atoms with Crippen LogP contribution in [0.15, 0.2) is 97.1 Å². The van der Waals surface area contributed by atoms with Crippen molar-refractivity contribution in [3.05, 3.63) is 130 Å². The molecule has 4 rings (SSSR count). The summed E-state index contributed by atoms with van der Waals surface area (Å²) in [4.78, 5) is 0. The van der Waals surface area contributed by atoms with Gasteiger partial charge in [-0.1, -0.05) is 93.6 Å². The van der Waals surface area contributed by atoms with Crippen LogP contribution < -0.4 is 11.5 Å². The van der Waals surface area contributed by atoms with Crippen LogP contribution in [0.25, 0.3) is 0 Å². The van der Waals surface area contributed by atoms with Crippen LogP contribution in [0.5, 0.6) is 0 Å². The van der Waals surface area contributed by atoms with Gasteiger partial charge in [0.1, 0.15) is 0 Å². The molecule has 0 aliphatic carbocycles. The summed E-state index contributed by atoms with van der Waals surface area (Å²) in [6.07, 6.45) is 2.17. The number of hydrogen-bond acceptors (Lipinski definition) is 2. The van der Waals surface area contributed by atoms with E-state index in [2.05, 4.69) is 93.6 Å². The van der Waals surface area contributed by atoms with Crippen LogP contribution >= 0.6 is 0 Å². The summed E-state index contributed by atoms with van der Waals surface area (Å²) >= 11 is 0. The third-order valence-electron chi connectivity index (χ3n) is 7.00. The monoisotopic (exact) mass is 448 g/mol. The summed E-state index contributed by atoms with van der Waals surface area (Å²) in [5, 5.41) is 0. The van der Waals surface area contributed by atoms with Gasteiger partial charge in [0.2, 0.25) is 0 Å².